The van der Waals surface area contributed by atoms with Gasteiger partial charge in [0.2, 0.25) is 0 Å². The monoisotopic (exact) mass is 434 g/mol. The van der Waals surface area contributed by atoms with Crippen LogP contribution in [0.2, 0.25) is 0 Å². The van der Waals surface area contributed by atoms with E-state index in [1.54, 1.807) is 0 Å². The van der Waals surface area contributed by atoms with Crippen LogP contribution in [0.15, 0.2) is 28.9 Å². The highest BCUT2D eigenvalue weighted by Gasteiger charge is 2.22. The van der Waals surface area contributed by atoms with Gasteiger partial charge in [0, 0.05) is 10.6 Å². The fraction of sp³-hybridized carbons (Fsp3) is 0.385. The second kappa shape index (κ2) is 6.81. The van der Waals surface area contributed by atoms with Crippen LogP contribution in [0.1, 0.15) is 30.6 Å². The number of hydrogen-bond donors (Lipinski definition) is 1. The van der Waals surface area contributed by atoms with Crippen molar-refractivity contribution >= 4 is 38.5 Å². The number of aromatic nitrogens is 3. The summed E-state index contributed by atoms with van der Waals surface area (Å²) in [6.45, 7) is 3.11. The zero-order valence-electron chi connectivity index (χ0n) is 10.9. The van der Waals surface area contributed by atoms with Gasteiger partial charge in [-0.3, -0.25) is 0 Å². The predicted molar refractivity (Wildman–Crippen MR) is 88.0 cm³/mol. The average molecular weight is 435 g/mol. The molecule has 1 heterocycles. The summed E-state index contributed by atoms with van der Waals surface area (Å²) in [6, 6.07) is 8.49. The molecule has 2 aromatic rings. The SMILES string of the molecule is CCCNC(c1ccccc1I)c1c(Br)nnn1C. The molecule has 1 unspecified atom stereocenters. The molecule has 102 valence electrons. The van der Waals surface area contributed by atoms with E-state index in [1.165, 1.54) is 9.13 Å². The third-order valence-corrected chi connectivity index (χ3v) is 4.46. The topological polar surface area (TPSA) is 42.7 Å². The first-order valence-electron chi connectivity index (χ1n) is 6.18. The van der Waals surface area contributed by atoms with Crippen molar-refractivity contribution in [3.8, 4) is 0 Å². The van der Waals surface area contributed by atoms with E-state index < -0.39 is 0 Å². The van der Waals surface area contributed by atoms with Crippen molar-refractivity contribution in [1.82, 2.24) is 20.3 Å². The Bertz CT molecular complexity index is 536. The number of hydrogen-bond acceptors (Lipinski definition) is 3. The molecule has 0 aliphatic heterocycles. The minimum atomic E-state index is 0.0995. The van der Waals surface area contributed by atoms with E-state index in [0.29, 0.717) is 0 Å². The maximum atomic E-state index is 4.09. The number of nitrogens with one attached hydrogen (secondary N) is 1. The Morgan fingerprint density at radius 3 is 2.74 bits per heavy atom. The molecule has 0 aliphatic carbocycles. The lowest BCUT2D eigenvalue weighted by atomic mass is 10.0. The number of aryl methyl sites for hydroxylation is 1. The molecule has 0 saturated carbocycles. The van der Waals surface area contributed by atoms with Crippen molar-refractivity contribution < 1.29 is 0 Å². The Morgan fingerprint density at radius 1 is 1.42 bits per heavy atom. The normalized spacial score (nSPS) is 12.6. The quantitative estimate of drug-likeness (QED) is 0.734. The van der Waals surface area contributed by atoms with Crippen molar-refractivity contribution in [2.75, 3.05) is 6.54 Å². The summed E-state index contributed by atoms with van der Waals surface area (Å²) in [4.78, 5) is 0. The molecule has 1 N–H and O–H groups in total. The Kier molecular flexibility index (Phi) is 5.35. The van der Waals surface area contributed by atoms with E-state index in [1.807, 2.05) is 11.7 Å². The van der Waals surface area contributed by atoms with E-state index in [2.05, 4.69) is 85.3 Å². The summed E-state index contributed by atoms with van der Waals surface area (Å²) in [7, 11) is 1.92. The Morgan fingerprint density at radius 2 is 2.16 bits per heavy atom. The zero-order valence-corrected chi connectivity index (χ0v) is 14.6. The second-order valence-corrected chi connectivity index (χ2v) is 6.21. The first-order valence-corrected chi connectivity index (χ1v) is 8.05. The minimum Gasteiger partial charge on any atom is -0.305 e. The predicted octanol–water partition coefficient (Wildman–Crippen LogP) is 3.27. The van der Waals surface area contributed by atoms with Gasteiger partial charge < -0.3 is 5.32 Å². The fourth-order valence-electron chi connectivity index (χ4n) is 2.00. The summed E-state index contributed by atoms with van der Waals surface area (Å²) in [5, 5.41) is 11.7. The minimum absolute atomic E-state index is 0.0995. The largest absolute Gasteiger partial charge is 0.305 e. The maximum absolute atomic E-state index is 4.09. The Labute approximate surface area is 135 Å². The van der Waals surface area contributed by atoms with Gasteiger partial charge in [0.05, 0.1) is 11.7 Å². The third kappa shape index (κ3) is 3.35. The second-order valence-electron chi connectivity index (χ2n) is 4.30. The first-order chi connectivity index (χ1) is 9.15. The summed E-state index contributed by atoms with van der Waals surface area (Å²) in [6.07, 6.45) is 1.09. The van der Waals surface area contributed by atoms with Crippen LogP contribution in [0.5, 0.6) is 0 Å². The van der Waals surface area contributed by atoms with Gasteiger partial charge in [-0.2, -0.15) is 0 Å². The molecule has 1 atom stereocenters. The third-order valence-electron chi connectivity index (χ3n) is 2.91. The number of nitrogens with zero attached hydrogens (tertiary/aromatic N) is 3. The highest BCUT2D eigenvalue weighted by atomic mass is 127. The Hall–Kier alpha value is -0.470. The van der Waals surface area contributed by atoms with Gasteiger partial charge in [-0.05, 0) is 63.1 Å². The molecule has 2 rings (SSSR count). The molecule has 0 bridgehead atoms. The molecule has 0 aliphatic rings. The Balaban J connectivity index is 2.45. The van der Waals surface area contributed by atoms with Crippen LogP contribution < -0.4 is 5.32 Å². The van der Waals surface area contributed by atoms with Gasteiger partial charge in [-0.15, -0.1) is 5.10 Å². The molecular weight excluding hydrogens is 419 g/mol. The summed E-state index contributed by atoms with van der Waals surface area (Å²) in [5.41, 5.74) is 2.31. The summed E-state index contributed by atoms with van der Waals surface area (Å²) >= 11 is 5.86. The molecule has 0 amide bonds. The number of rotatable bonds is 5. The molecule has 6 heteroatoms. The molecule has 0 fully saturated rings. The van der Waals surface area contributed by atoms with Crippen molar-refractivity contribution in [3.63, 3.8) is 0 Å². The fourth-order valence-corrected chi connectivity index (χ4v) is 3.25. The van der Waals surface area contributed by atoms with Crippen molar-refractivity contribution in [2.45, 2.75) is 19.4 Å². The molecule has 1 aromatic heterocycles. The molecule has 0 spiro atoms. The number of benzene rings is 1. The van der Waals surface area contributed by atoms with Gasteiger partial charge >= 0.3 is 0 Å². The van der Waals surface area contributed by atoms with Crippen molar-refractivity contribution in [1.29, 1.82) is 0 Å². The molecule has 1 aromatic carbocycles. The highest BCUT2D eigenvalue weighted by molar-refractivity contribution is 14.1. The van der Waals surface area contributed by atoms with E-state index >= 15 is 0 Å². The van der Waals surface area contributed by atoms with Gasteiger partial charge in [0.15, 0.2) is 4.60 Å². The van der Waals surface area contributed by atoms with Crippen LogP contribution in [-0.4, -0.2) is 21.5 Å². The van der Waals surface area contributed by atoms with Crippen molar-refractivity contribution in [2.24, 2.45) is 7.05 Å². The lowest BCUT2D eigenvalue weighted by Crippen LogP contribution is -2.26. The summed E-state index contributed by atoms with van der Waals surface area (Å²) < 4.78 is 3.85. The summed E-state index contributed by atoms with van der Waals surface area (Å²) in [5.74, 6) is 0. The van der Waals surface area contributed by atoms with Crippen LogP contribution >= 0.6 is 38.5 Å². The van der Waals surface area contributed by atoms with E-state index in [4.69, 9.17) is 0 Å². The molecule has 0 radical (unpaired) electrons. The molecule has 4 nitrogen and oxygen atoms in total. The van der Waals surface area contributed by atoms with Gasteiger partial charge in [-0.25, -0.2) is 4.68 Å². The van der Waals surface area contributed by atoms with Crippen LogP contribution in [0, 0.1) is 3.57 Å². The first kappa shape index (κ1) is 14.9. The van der Waals surface area contributed by atoms with E-state index in [9.17, 15) is 0 Å². The van der Waals surface area contributed by atoms with Crippen LogP contribution in [0.25, 0.3) is 0 Å². The maximum Gasteiger partial charge on any atom is 0.153 e. The van der Waals surface area contributed by atoms with Crippen LogP contribution in [-0.2, 0) is 7.05 Å². The molecular formula is C13H16BrIN4. The van der Waals surface area contributed by atoms with E-state index in [0.717, 1.165) is 23.3 Å². The van der Waals surface area contributed by atoms with E-state index in [-0.39, 0.29) is 6.04 Å². The average Bonchev–Trinajstić information content (AvgIpc) is 2.73. The van der Waals surface area contributed by atoms with Gasteiger partial charge in [0.1, 0.15) is 0 Å². The van der Waals surface area contributed by atoms with Gasteiger partial charge in [0.25, 0.3) is 0 Å². The van der Waals surface area contributed by atoms with Crippen LogP contribution in [0.4, 0.5) is 0 Å². The number of halogens is 2. The molecule has 19 heavy (non-hydrogen) atoms. The molecule has 0 saturated heterocycles. The van der Waals surface area contributed by atoms with Gasteiger partial charge in [-0.1, -0.05) is 30.3 Å². The van der Waals surface area contributed by atoms with Crippen LogP contribution in [0.3, 0.4) is 0 Å². The zero-order chi connectivity index (χ0) is 13.8. The lowest BCUT2D eigenvalue weighted by Gasteiger charge is -2.20. The smallest absolute Gasteiger partial charge is 0.153 e. The highest BCUT2D eigenvalue weighted by Crippen LogP contribution is 2.29. The lowest BCUT2D eigenvalue weighted by molar-refractivity contribution is 0.548. The van der Waals surface area contributed by atoms with Crippen molar-refractivity contribution in [3.05, 3.63) is 43.7 Å². The standard InChI is InChI=1S/C13H16BrIN4/c1-3-8-16-11(9-6-4-5-7-10(9)15)12-13(14)17-18-19(12)2/h4-7,11,16H,3,8H2,1-2H3.